The van der Waals surface area contributed by atoms with E-state index in [1.165, 1.54) is 7.11 Å². The summed E-state index contributed by atoms with van der Waals surface area (Å²) in [5.41, 5.74) is 8.70. The number of carbonyl (C=O) groups is 1. The summed E-state index contributed by atoms with van der Waals surface area (Å²) in [6, 6.07) is 10.5. The van der Waals surface area contributed by atoms with Crippen molar-refractivity contribution < 1.29 is 14.3 Å². The van der Waals surface area contributed by atoms with Crippen LogP contribution in [0.15, 0.2) is 36.4 Å². The Morgan fingerprint density at radius 3 is 2.45 bits per heavy atom. The smallest absolute Gasteiger partial charge is 0.255 e. The Morgan fingerprint density at radius 1 is 1.09 bits per heavy atom. The number of methoxy groups -OCH3 is 2. The largest absolute Gasteiger partial charge is 0.493 e. The molecule has 0 aromatic heterocycles. The van der Waals surface area contributed by atoms with Gasteiger partial charge < -0.3 is 20.5 Å². The molecule has 116 valence electrons. The summed E-state index contributed by atoms with van der Waals surface area (Å²) in [5, 5.41) is 2.90. The van der Waals surface area contributed by atoms with Crippen LogP contribution in [0.2, 0.25) is 0 Å². The molecule has 2 aromatic carbocycles. The third-order valence-electron chi connectivity index (χ3n) is 3.40. The summed E-state index contributed by atoms with van der Waals surface area (Å²) < 4.78 is 10.4. The number of nitrogen functional groups attached to an aromatic ring is 1. The van der Waals surface area contributed by atoms with Gasteiger partial charge in [-0.25, -0.2) is 0 Å². The van der Waals surface area contributed by atoms with E-state index in [0.29, 0.717) is 22.7 Å². The predicted molar refractivity (Wildman–Crippen MR) is 87.7 cm³/mol. The molecule has 5 heteroatoms. The molecule has 0 radical (unpaired) electrons. The van der Waals surface area contributed by atoms with Crippen LogP contribution in [0.1, 0.15) is 22.8 Å². The first-order valence-electron chi connectivity index (χ1n) is 7.00. The molecule has 3 N–H and O–H groups in total. The summed E-state index contributed by atoms with van der Waals surface area (Å²) >= 11 is 0. The monoisotopic (exact) mass is 300 g/mol. The molecule has 0 bridgehead atoms. The van der Waals surface area contributed by atoms with Crippen molar-refractivity contribution in [3.8, 4) is 11.5 Å². The van der Waals surface area contributed by atoms with Gasteiger partial charge in [0.15, 0.2) is 11.5 Å². The molecule has 2 rings (SSSR count). The van der Waals surface area contributed by atoms with Crippen LogP contribution in [0.4, 0.5) is 11.4 Å². The molecule has 1 amide bonds. The number of anilines is 2. The Morgan fingerprint density at radius 2 is 1.82 bits per heavy atom. The van der Waals surface area contributed by atoms with E-state index in [-0.39, 0.29) is 5.91 Å². The second-order valence-electron chi connectivity index (χ2n) is 4.79. The fraction of sp³-hybridized carbons (Fsp3) is 0.235. The van der Waals surface area contributed by atoms with Gasteiger partial charge in [-0.1, -0.05) is 6.92 Å². The molecule has 0 aliphatic carbocycles. The van der Waals surface area contributed by atoms with Gasteiger partial charge in [0.05, 0.1) is 14.2 Å². The molecular weight excluding hydrogens is 280 g/mol. The van der Waals surface area contributed by atoms with Crippen molar-refractivity contribution in [2.75, 3.05) is 25.3 Å². The molecule has 5 nitrogen and oxygen atoms in total. The Kier molecular flexibility index (Phi) is 4.88. The van der Waals surface area contributed by atoms with E-state index in [2.05, 4.69) is 5.32 Å². The lowest BCUT2D eigenvalue weighted by Gasteiger charge is -2.12. The predicted octanol–water partition coefficient (Wildman–Crippen LogP) is 3.10. The number of nitrogens with one attached hydrogen (secondary N) is 1. The van der Waals surface area contributed by atoms with Crippen molar-refractivity contribution >= 4 is 17.3 Å². The van der Waals surface area contributed by atoms with Crippen molar-refractivity contribution in [3.05, 3.63) is 47.5 Å². The third-order valence-corrected chi connectivity index (χ3v) is 3.40. The summed E-state index contributed by atoms with van der Waals surface area (Å²) in [5.74, 6) is 0.893. The fourth-order valence-electron chi connectivity index (χ4n) is 2.20. The van der Waals surface area contributed by atoms with Crippen molar-refractivity contribution in [1.82, 2.24) is 0 Å². The van der Waals surface area contributed by atoms with Gasteiger partial charge in [-0.05, 0) is 48.4 Å². The van der Waals surface area contributed by atoms with Gasteiger partial charge in [-0.2, -0.15) is 0 Å². The molecule has 0 fully saturated rings. The van der Waals surface area contributed by atoms with Gasteiger partial charge in [0.25, 0.3) is 5.91 Å². The first kappa shape index (κ1) is 15.7. The third kappa shape index (κ3) is 3.31. The zero-order valence-corrected chi connectivity index (χ0v) is 13.0. The highest BCUT2D eigenvalue weighted by atomic mass is 16.5. The normalized spacial score (nSPS) is 10.1. The van der Waals surface area contributed by atoms with E-state index >= 15 is 0 Å². The zero-order valence-electron chi connectivity index (χ0n) is 13.0. The minimum Gasteiger partial charge on any atom is -0.493 e. The maximum absolute atomic E-state index is 12.4. The second-order valence-corrected chi connectivity index (χ2v) is 4.79. The molecule has 2 aromatic rings. The van der Waals surface area contributed by atoms with Gasteiger partial charge in [-0.3, -0.25) is 4.79 Å². The molecule has 0 heterocycles. The van der Waals surface area contributed by atoms with Crippen LogP contribution in [-0.2, 0) is 6.42 Å². The van der Waals surface area contributed by atoms with Gasteiger partial charge in [0.1, 0.15) is 0 Å². The molecule has 0 atom stereocenters. The first-order valence-corrected chi connectivity index (χ1v) is 7.00. The summed E-state index contributed by atoms with van der Waals surface area (Å²) in [6.07, 6.45) is 0.784. The second kappa shape index (κ2) is 6.85. The lowest BCUT2D eigenvalue weighted by molar-refractivity contribution is 0.102. The quantitative estimate of drug-likeness (QED) is 0.832. The van der Waals surface area contributed by atoms with Crippen LogP contribution in [0.3, 0.4) is 0 Å². The minimum atomic E-state index is -0.208. The topological polar surface area (TPSA) is 73.6 Å². The van der Waals surface area contributed by atoms with Crippen molar-refractivity contribution in [1.29, 1.82) is 0 Å². The van der Waals surface area contributed by atoms with Gasteiger partial charge in [-0.15, -0.1) is 0 Å². The van der Waals surface area contributed by atoms with Crippen LogP contribution in [0.5, 0.6) is 11.5 Å². The average Bonchev–Trinajstić information content (AvgIpc) is 2.55. The number of rotatable bonds is 5. The molecule has 22 heavy (non-hydrogen) atoms. The zero-order chi connectivity index (χ0) is 16.1. The van der Waals surface area contributed by atoms with Crippen LogP contribution in [0, 0.1) is 0 Å². The minimum absolute atomic E-state index is 0.208. The first-order chi connectivity index (χ1) is 10.6. The number of ether oxygens (including phenoxy) is 2. The molecule has 0 saturated heterocycles. The lowest BCUT2D eigenvalue weighted by Crippen LogP contribution is -2.13. The van der Waals surface area contributed by atoms with E-state index in [0.717, 1.165) is 17.7 Å². The van der Waals surface area contributed by atoms with Gasteiger partial charge in [0, 0.05) is 16.9 Å². The lowest BCUT2D eigenvalue weighted by atomic mass is 10.1. The van der Waals surface area contributed by atoms with Crippen LogP contribution in [-0.4, -0.2) is 20.1 Å². The highest BCUT2D eigenvalue weighted by Gasteiger charge is 2.12. The average molecular weight is 300 g/mol. The van der Waals surface area contributed by atoms with Gasteiger partial charge >= 0.3 is 0 Å². The number of carbonyl (C=O) groups excluding carboxylic acids is 1. The number of hydrogen-bond donors (Lipinski definition) is 2. The molecular formula is C17H20N2O3. The number of benzene rings is 2. The van der Waals surface area contributed by atoms with Crippen molar-refractivity contribution in [2.24, 2.45) is 0 Å². The standard InChI is InChI=1S/C17H20N2O3/c1-4-11-9-13(18)6-7-14(11)19-17(20)12-5-8-15(21-2)16(10-12)22-3/h5-10H,4,18H2,1-3H3,(H,19,20). The van der Waals surface area contributed by atoms with Crippen LogP contribution in [0.25, 0.3) is 0 Å². The molecule has 0 aliphatic rings. The van der Waals surface area contributed by atoms with E-state index in [9.17, 15) is 4.79 Å². The van der Waals surface area contributed by atoms with E-state index < -0.39 is 0 Å². The highest BCUT2D eigenvalue weighted by molar-refractivity contribution is 6.05. The SMILES string of the molecule is CCc1cc(N)ccc1NC(=O)c1ccc(OC)c(OC)c1. The van der Waals surface area contributed by atoms with Crippen LogP contribution < -0.4 is 20.5 Å². The molecule has 0 saturated carbocycles. The molecule has 0 unspecified atom stereocenters. The number of aryl methyl sites for hydroxylation is 1. The maximum atomic E-state index is 12.4. The fourth-order valence-corrected chi connectivity index (χ4v) is 2.20. The number of hydrogen-bond acceptors (Lipinski definition) is 4. The molecule has 0 spiro atoms. The maximum Gasteiger partial charge on any atom is 0.255 e. The summed E-state index contributed by atoms with van der Waals surface area (Å²) in [7, 11) is 3.09. The van der Waals surface area contributed by atoms with Crippen LogP contribution >= 0.6 is 0 Å². The highest BCUT2D eigenvalue weighted by Crippen LogP contribution is 2.28. The number of amides is 1. The molecule has 0 aliphatic heterocycles. The summed E-state index contributed by atoms with van der Waals surface area (Å²) in [6.45, 7) is 2.01. The Labute approximate surface area is 130 Å². The van der Waals surface area contributed by atoms with E-state index in [1.807, 2.05) is 19.1 Å². The van der Waals surface area contributed by atoms with Gasteiger partial charge in [0.2, 0.25) is 0 Å². The van der Waals surface area contributed by atoms with E-state index in [4.69, 9.17) is 15.2 Å². The Balaban J connectivity index is 2.26. The number of nitrogens with two attached hydrogens (primary N) is 1. The summed E-state index contributed by atoms with van der Waals surface area (Å²) in [4.78, 5) is 12.4. The van der Waals surface area contributed by atoms with E-state index in [1.54, 1.807) is 31.4 Å². The Hall–Kier alpha value is -2.69. The van der Waals surface area contributed by atoms with Crippen molar-refractivity contribution in [3.63, 3.8) is 0 Å². The van der Waals surface area contributed by atoms with Crippen molar-refractivity contribution in [2.45, 2.75) is 13.3 Å². The Bertz CT molecular complexity index is 684.